The van der Waals surface area contributed by atoms with E-state index in [1.807, 2.05) is 6.07 Å². The van der Waals surface area contributed by atoms with E-state index < -0.39 is 0 Å². The van der Waals surface area contributed by atoms with Crippen LogP contribution in [-0.4, -0.2) is 19.5 Å². The second-order valence-corrected chi connectivity index (χ2v) is 4.30. The van der Waals surface area contributed by atoms with E-state index in [0.29, 0.717) is 17.0 Å². The van der Waals surface area contributed by atoms with Gasteiger partial charge < -0.3 is 15.6 Å². The lowest BCUT2D eigenvalue weighted by molar-refractivity contribution is 0.873. The summed E-state index contributed by atoms with van der Waals surface area (Å²) in [5.41, 5.74) is 5.71. The molecule has 0 aliphatic carbocycles. The molecule has 0 aliphatic heterocycles. The van der Waals surface area contributed by atoms with Crippen molar-refractivity contribution >= 4 is 28.2 Å². The van der Waals surface area contributed by atoms with Gasteiger partial charge in [0.2, 0.25) is 0 Å². The van der Waals surface area contributed by atoms with E-state index in [1.165, 1.54) is 4.57 Å². The first-order chi connectivity index (χ1) is 9.65. The van der Waals surface area contributed by atoms with E-state index in [2.05, 4.69) is 20.3 Å². The van der Waals surface area contributed by atoms with Crippen molar-refractivity contribution in [3.05, 3.63) is 47.3 Å². The van der Waals surface area contributed by atoms with Gasteiger partial charge in [0.25, 0.3) is 5.56 Å². The van der Waals surface area contributed by atoms with Gasteiger partial charge in [-0.1, -0.05) is 0 Å². The average Bonchev–Trinajstić information content (AvgIpc) is 2.44. The molecule has 0 saturated heterocycles. The van der Waals surface area contributed by atoms with Crippen LogP contribution in [0.4, 0.5) is 17.5 Å². The molecule has 3 heterocycles. The highest BCUT2D eigenvalue weighted by molar-refractivity contribution is 5.92. The summed E-state index contributed by atoms with van der Waals surface area (Å²) in [6, 6.07) is 3.57. The molecule has 7 nitrogen and oxygen atoms in total. The number of rotatable bonds is 2. The fraction of sp³-hybridized carbons (Fsp3) is 0.0769. The van der Waals surface area contributed by atoms with E-state index in [-0.39, 0.29) is 11.4 Å². The molecular weight excluding hydrogens is 256 g/mol. The molecule has 3 N–H and O–H groups in total. The first-order valence-electron chi connectivity index (χ1n) is 5.94. The quantitative estimate of drug-likeness (QED) is 0.720. The van der Waals surface area contributed by atoms with Crippen molar-refractivity contribution in [2.24, 2.45) is 7.05 Å². The van der Waals surface area contributed by atoms with Crippen LogP contribution in [0, 0.1) is 0 Å². The van der Waals surface area contributed by atoms with Crippen LogP contribution in [0.5, 0.6) is 0 Å². The predicted octanol–water partition coefficient (Wildman–Crippen LogP) is 1.05. The monoisotopic (exact) mass is 268 g/mol. The normalized spacial score (nSPS) is 10.7. The molecule has 3 aromatic heterocycles. The zero-order valence-electron chi connectivity index (χ0n) is 10.7. The molecule has 3 aromatic rings. The highest BCUT2D eigenvalue weighted by Crippen LogP contribution is 2.21. The first kappa shape index (κ1) is 12.1. The number of aryl methyl sites for hydroxylation is 1. The molecule has 0 aliphatic rings. The number of nitrogens with one attached hydrogen (secondary N) is 1. The number of nitrogens with zero attached hydrogens (tertiary/aromatic N) is 4. The lowest BCUT2D eigenvalue weighted by atomic mass is 10.2. The number of nitrogen functional groups attached to an aromatic ring is 1. The van der Waals surface area contributed by atoms with Crippen molar-refractivity contribution in [1.29, 1.82) is 0 Å². The summed E-state index contributed by atoms with van der Waals surface area (Å²) in [5.74, 6) is 1.27. The molecule has 0 bridgehead atoms. The Hall–Kier alpha value is -2.96. The standard InChI is InChI=1S/C13H12N6O/c1-19-5-2-8-6-9(17-10-7-15-3-4-16-10)18-12(14)11(8)13(19)20/h2-7H,1H3,(H3,14,16,17,18). The summed E-state index contributed by atoms with van der Waals surface area (Å²) in [5, 5.41) is 4.14. The van der Waals surface area contributed by atoms with Crippen LogP contribution in [0.1, 0.15) is 0 Å². The van der Waals surface area contributed by atoms with Crippen molar-refractivity contribution < 1.29 is 0 Å². The van der Waals surface area contributed by atoms with Crippen molar-refractivity contribution in [1.82, 2.24) is 19.5 Å². The number of fused-ring (bicyclic) bond motifs is 1. The molecular formula is C13H12N6O. The molecule has 0 atom stereocenters. The van der Waals surface area contributed by atoms with Crippen LogP contribution in [0.25, 0.3) is 10.8 Å². The maximum absolute atomic E-state index is 12.0. The zero-order chi connectivity index (χ0) is 14.1. The van der Waals surface area contributed by atoms with Gasteiger partial charge in [-0.25, -0.2) is 9.97 Å². The lowest BCUT2D eigenvalue weighted by Gasteiger charge is -2.08. The Kier molecular flexibility index (Phi) is 2.79. The molecule has 0 spiro atoms. The average molecular weight is 268 g/mol. The van der Waals surface area contributed by atoms with Crippen LogP contribution >= 0.6 is 0 Å². The molecule has 0 amide bonds. The molecule has 0 saturated carbocycles. The van der Waals surface area contributed by atoms with Crippen LogP contribution < -0.4 is 16.6 Å². The zero-order valence-corrected chi connectivity index (χ0v) is 10.7. The topological polar surface area (TPSA) is 98.7 Å². The lowest BCUT2D eigenvalue weighted by Crippen LogP contribution is -2.17. The van der Waals surface area contributed by atoms with E-state index in [4.69, 9.17) is 5.73 Å². The van der Waals surface area contributed by atoms with Crippen molar-refractivity contribution in [3.8, 4) is 0 Å². The Bertz CT molecular complexity index is 827. The molecule has 3 rings (SSSR count). The van der Waals surface area contributed by atoms with E-state index >= 15 is 0 Å². The minimum Gasteiger partial charge on any atom is -0.383 e. The van der Waals surface area contributed by atoms with Crippen LogP contribution in [0.15, 0.2) is 41.7 Å². The van der Waals surface area contributed by atoms with E-state index in [0.717, 1.165) is 5.39 Å². The highest BCUT2D eigenvalue weighted by Gasteiger charge is 2.08. The maximum atomic E-state index is 12.0. The number of nitrogens with two attached hydrogens (primary N) is 1. The van der Waals surface area contributed by atoms with Crippen molar-refractivity contribution in [2.75, 3.05) is 11.1 Å². The Morgan fingerprint density at radius 3 is 2.90 bits per heavy atom. The minimum atomic E-state index is -0.168. The summed E-state index contributed by atoms with van der Waals surface area (Å²) in [7, 11) is 1.67. The number of hydrogen-bond acceptors (Lipinski definition) is 6. The third-order valence-corrected chi connectivity index (χ3v) is 2.91. The van der Waals surface area contributed by atoms with Crippen LogP contribution in [0.3, 0.4) is 0 Å². The summed E-state index contributed by atoms with van der Waals surface area (Å²) in [6.45, 7) is 0. The fourth-order valence-electron chi connectivity index (χ4n) is 1.94. The molecule has 100 valence electrons. The predicted molar refractivity (Wildman–Crippen MR) is 76.7 cm³/mol. The fourth-order valence-corrected chi connectivity index (χ4v) is 1.94. The summed E-state index contributed by atoms with van der Waals surface area (Å²) >= 11 is 0. The van der Waals surface area contributed by atoms with Crippen molar-refractivity contribution in [2.45, 2.75) is 0 Å². The highest BCUT2D eigenvalue weighted by atomic mass is 16.1. The Morgan fingerprint density at radius 2 is 2.15 bits per heavy atom. The first-order valence-corrected chi connectivity index (χ1v) is 5.94. The van der Waals surface area contributed by atoms with Crippen molar-refractivity contribution in [3.63, 3.8) is 0 Å². The van der Waals surface area contributed by atoms with Gasteiger partial charge in [-0.3, -0.25) is 9.78 Å². The van der Waals surface area contributed by atoms with E-state index in [9.17, 15) is 4.79 Å². The molecule has 0 radical (unpaired) electrons. The largest absolute Gasteiger partial charge is 0.383 e. The third-order valence-electron chi connectivity index (χ3n) is 2.91. The number of pyridine rings is 2. The van der Waals surface area contributed by atoms with Gasteiger partial charge in [-0.05, 0) is 17.5 Å². The van der Waals surface area contributed by atoms with Crippen LogP contribution in [0.2, 0.25) is 0 Å². The smallest absolute Gasteiger partial charge is 0.261 e. The van der Waals surface area contributed by atoms with Gasteiger partial charge in [0.05, 0.1) is 11.6 Å². The second kappa shape index (κ2) is 4.61. The second-order valence-electron chi connectivity index (χ2n) is 4.30. The Morgan fingerprint density at radius 1 is 1.30 bits per heavy atom. The summed E-state index contributed by atoms with van der Waals surface area (Å²) < 4.78 is 1.47. The maximum Gasteiger partial charge on any atom is 0.261 e. The molecule has 0 aromatic carbocycles. The molecule has 7 heteroatoms. The number of anilines is 3. The van der Waals surface area contributed by atoms with Gasteiger partial charge in [0.1, 0.15) is 17.5 Å². The number of hydrogen-bond donors (Lipinski definition) is 2. The number of aromatic nitrogens is 4. The van der Waals surface area contributed by atoms with Gasteiger partial charge >= 0.3 is 0 Å². The summed E-state index contributed by atoms with van der Waals surface area (Å²) in [6.07, 6.45) is 6.42. The molecule has 0 fully saturated rings. The molecule has 0 unspecified atom stereocenters. The third kappa shape index (κ3) is 2.05. The Labute approximate surface area is 114 Å². The van der Waals surface area contributed by atoms with Gasteiger partial charge in [-0.15, -0.1) is 0 Å². The molecule has 20 heavy (non-hydrogen) atoms. The van der Waals surface area contributed by atoms with Gasteiger partial charge in [-0.2, -0.15) is 0 Å². The Balaban J connectivity index is 2.11. The minimum absolute atomic E-state index is 0.168. The van der Waals surface area contributed by atoms with Gasteiger partial charge in [0, 0.05) is 25.6 Å². The SMILES string of the molecule is Cn1ccc2cc(Nc3cnccn3)nc(N)c2c1=O. The summed E-state index contributed by atoms with van der Waals surface area (Å²) in [4.78, 5) is 24.3. The van der Waals surface area contributed by atoms with Gasteiger partial charge in [0.15, 0.2) is 0 Å². The van der Waals surface area contributed by atoms with E-state index in [1.54, 1.807) is 37.9 Å². The van der Waals surface area contributed by atoms with Crippen LogP contribution in [-0.2, 0) is 7.05 Å².